The number of aryl methyl sites for hydroxylation is 1. The number of benzene rings is 1. The summed E-state index contributed by atoms with van der Waals surface area (Å²) in [5, 5.41) is 0. The van der Waals surface area contributed by atoms with Gasteiger partial charge in [-0.25, -0.2) is 4.99 Å². The smallest absolute Gasteiger partial charge is 0.191 e. The molecule has 0 fully saturated rings. The van der Waals surface area contributed by atoms with Crippen molar-refractivity contribution < 1.29 is 4.74 Å². The normalized spacial score (nSPS) is 11.4. The lowest BCUT2D eigenvalue weighted by molar-refractivity contribution is 0.414. The Bertz CT molecular complexity index is 412. The number of nitrogens with zero attached hydrogens (tertiary/aromatic N) is 2. The van der Waals surface area contributed by atoms with E-state index in [1.54, 1.807) is 7.11 Å². The molecule has 4 heteroatoms. The monoisotopic (exact) mass is 249 g/mol. The first-order chi connectivity index (χ1) is 8.60. The molecule has 4 nitrogen and oxygen atoms in total. The van der Waals surface area contributed by atoms with Crippen LogP contribution in [0, 0.1) is 6.92 Å². The molecule has 100 valence electrons. The van der Waals surface area contributed by atoms with Gasteiger partial charge in [0.15, 0.2) is 5.96 Å². The average molecular weight is 249 g/mol. The van der Waals surface area contributed by atoms with Gasteiger partial charge in [0.2, 0.25) is 0 Å². The molecule has 0 saturated carbocycles. The molecule has 0 radical (unpaired) electrons. The van der Waals surface area contributed by atoms with Gasteiger partial charge in [-0.2, -0.15) is 0 Å². The average Bonchev–Trinajstić information content (AvgIpc) is 2.37. The quantitative estimate of drug-likeness (QED) is 0.642. The molecule has 0 atom stereocenters. The Morgan fingerprint density at radius 3 is 2.50 bits per heavy atom. The van der Waals surface area contributed by atoms with Crippen molar-refractivity contribution in [2.24, 2.45) is 10.7 Å². The number of ether oxygens (including phenoxy) is 1. The van der Waals surface area contributed by atoms with Crippen LogP contribution in [-0.2, 0) is 6.54 Å². The van der Waals surface area contributed by atoms with Crippen LogP contribution in [0.15, 0.2) is 23.2 Å². The van der Waals surface area contributed by atoms with E-state index < -0.39 is 0 Å². The van der Waals surface area contributed by atoms with Crippen LogP contribution in [0.25, 0.3) is 0 Å². The van der Waals surface area contributed by atoms with E-state index in [-0.39, 0.29) is 0 Å². The van der Waals surface area contributed by atoms with Crippen molar-refractivity contribution in [1.82, 2.24) is 4.90 Å². The maximum Gasteiger partial charge on any atom is 0.191 e. The first kappa shape index (κ1) is 14.4. The minimum absolute atomic E-state index is 0.584. The maximum atomic E-state index is 5.94. The summed E-state index contributed by atoms with van der Waals surface area (Å²) in [6.45, 7) is 8.53. The van der Waals surface area contributed by atoms with Crippen molar-refractivity contribution in [3.63, 3.8) is 0 Å². The number of nitrogens with two attached hydrogens (primary N) is 1. The molecule has 1 aromatic carbocycles. The van der Waals surface area contributed by atoms with Crippen LogP contribution in [0.2, 0.25) is 0 Å². The molecule has 0 saturated heterocycles. The summed E-state index contributed by atoms with van der Waals surface area (Å²) < 4.78 is 5.24. The molecule has 0 spiro atoms. The largest absolute Gasteiger partial charge is 0.497 e. The Morgan fingerprint density at radius 1 is 1.28 bits per heavy atom. The van der Waals surface area contributed by atoms with Gasteiger partial charge in [-0.1, -0.05) is 6.07 Å². The zero-order chi connectivity index (χ0) is 13.5. The first-order valence-electron chi connectivity index (χ1n) is 6.30. The van der Waals surface area contributed by atoms with E-state index in [1.165, 1.54) is 5.56 Å². The van der Waals surface area contributed by atoms with E-state index in [1.807, 2.05) is 24.0 Å². The highest BCUT2D eigenvalue weighted by Crippen LogP contribution is 2.17. The second-order valence-corrected chi connectivity index (χ2v) is 4.21. The Kier molecular flexibility index (Phi) is 5.49. The lowest BCUT2D eigenvalue weighted by atomic mass is 10.1. The fourth-order valence-electron chi connectivity index (χ4n) is 1.85. The van der Waals surface area contributed by atoms with Crippen LogP contribution in [0.5, 0.6) is 5.75 Å². The van der Waals surface area contributed by atoms with Crippen LogP contribution in [0.4, 0.5) is 0 Å². The molecule has 0 amide bonds. The van der Waals surface area contributed by atoms with Crippen LogP contribution in [-0.4, -0.2) is 31.1 Å². The molecule has 0 aliphatic rings. The summed E-state index contributed by atoms with van der Waals surface area (Å²) in [5.41, 5.74) is 8.22. The summed E-state index contributed by atoms with van der Waals surface area (Å²) in [6, 6.07) is 6.09. The highest BCUT2D eigenvalue weighted by molar-refractivity contribution is 5.78. The standard InChI is InChI=1S/C14H23N3O/c1-5-17(6-2)14(15)16-10-12-7-11(3)8-13(9-12)18-4/h7-9H,5-6,10H2,1-4H3,(H2,15,16). The van der Waals surface area contributed by atoms with Crippen molar-refractivity contribution >= 4 is 5.96 Å². The van der Waals surface area contributed by atoms with Crippen LogP contribution < -0.4 is 10.5 Å². The molecule has 1 aromatic rings. The highest BCUT2D eigenvalue weighted by atomic mass is 16.5. The molecule has 0 unspecified atom stereocenters. The molecule has 2 N–H and O–H groups in total. The Hall–Kier alpha value is -1.71. The Morgan fingerprint density at radius 2 is 1.94 bits per heavy atom. The van der Waals surface area contributed by atoms with Gasteiger partial charge in [0.25, 0.3) is 0 Å². The lowest BCUT2D eigenvalue weighted by Gasteiger charge is -2.19. The van der Waals surface area contributed by atoms with Crippen LogP contribution in [0.3, 0.4) is 0 Å². The molecule has 0 heterocycles. The second kappa shape index (κ2) is 6.89. The van der Waals surface area contributed by atoms with Crippen molar-refractivity contribution in [2.75, 3.05) is 20.2 Å². The van der Waals surface area contributed by atoms with Crippen LogP contribution >= 0.6 is 0 Å². The van der Waals surface area contributed by atoms with Gasteiger partial charge < -0.3 is 15.4 Å². The third-order valence-electron chi connectivity index (χ3n) is 2.86. The summed E-state index contributed by atoms with van der Waals surface area (Å²) >= 11 is 0. The number of hydrogen-bond acceptors (Lipinski definition) is 2. The summed E-state index contributed by atoms with van der Waals surface area (Å²) in [7, 11) is 1.67. The molecule has 0 aromatic heterocycles. The first-order valence-corrected chi connectivity index (χ1v) is 6.30. The van der Waals surface area contributed by atoms with E-state index in [2.05, 4.69) is 24.9 Å². The molecule has 0 aliphatic carbocycles. The van der Waals surface area contributed by atoms with E-state index in [9.17, 15) is 0 Å². The minimum Gasteiger partial charge on any atom is -0.497 e. The van der Waals surface area contributed by atoms with Gasteiger partial charge in [0.05, 0.1) is 13.7 Å². The fourth-order valence-corrected chi connectivity index (χ4v) is 1.85. The summed E-state index contributed by atoms with van der Waals surface area (Å²) in [5.74, 6) is 1.46. The third-order valence-corrected chi connectivity index (χ3v) is 2.86. The number of guanidine groups is 1. The number of rotatable bonds is 5. The van der Waals surface area contributed by atoms with Crippen molar-refractivity contribution in [3.05, 3.63) is 29.3 Å². The minimum atomic E-state index is 0.584. The molecule has 1 rings (SSSR count). The van der Waals surface area contributed by atoms with E-state index in [4.69, 9.17) is 10.5 Å². The number of aliphatic imine (C=N–C) groups is 1. The van der Waals surface area contributed by atoms with Gasteiger partial charge >= 0.3 is 0 Å². The molecular formula is C14H23N3O. The SMILES string of the molecule is CCN(CC)C(N)=NCc1cc(C)cc(OC)c1. The van der Waals surface area contributed by atoms with Crippen molar-refractivity contribution in [2.45, 2.75) is 27.3 Å². The van der Waals surface area contributed by atoms with Crippen molar-refractivity contribution in [1.29, 1.82) is 0 Å². The van der Waals surface area contributed by atoms with Gasteiger partial charge in [-0.05, 0) is 44.0 Å². The molecular weight excluding hydrogens is 226 g/mol. The van der Waals surface area contributed by atoms with E-state index in [0.29, 0.717) is 12.5 Å². The van der Waals surface area contributed by atoms with Crippen molar-refractivity contribution in [3.8, 4) is 5.75 Å². The zero-order valence-electron chi connectivity index (χ0n) is 11.7. The third kappa shape index (κ3) is 3.95. The lowest BCUT2D eigenvalue weighted by Crippen LogP contribution is -2.37. The van der Waals surface area contributed by atoms with E-state index in [0.717, 1.165) is 24.4 Å². The predicted molar refractivity (Wildman–Crippen MR) is 76.0 cm³/mol. The molecule has 18 heavy (non-hydrogen) atoms. The fraction of sp³-hybridized carbons (Fsp3) is 0.500. The topological polar surface area (TPSA) is 50.8 Å². The predicted octanol–water partition coefficient (Wildman–Crippen LogP) is 2.16. The van der Waals surface area contributed by atoms with Gasteiger partial charge in [0.1, 0.15) is 5.75 Å². The highest BCUT2D eigenvalue weighted by Gasteiger charge is 2.03. The van der Waals surface area contributed by atoms with Crippen LogP contribution in [0.1, 0.15) is 25.0 Å². The van der Waals surface area contributed by atoms with Gasteiger partial charge in [-0.3, -0.25) is 0 Å². The molecule has 0 aliphatic heterocycles. The maximum absolute atomic E-state index is 5.94. The van der Waals surface area contributed by atoms with E-state index >= 15 is 0 Å². The Balaban J connectivity index is 2.78. The molecule has 0 bridgehead atoms. The summed E-state index contributed by atoms with van der Waals surface area (Å²) in [6.07, 6.45) is 0. The van der Waals surface area contributed by atoms with Gasteiger partial charge in [0, 0.05) is 13.1 Å². The number of methoxy groups -OCH3 is 1. The zero-order valence-corrected chi connectivity index (χ0v) is 11.7. The van der Waals surface area contributed by atoms with Gasteiger partial charge in [-0.15, -0.1) is 0 Å². The summed E-state index contributed by atoms with van der Waals surface area (Å²) in [4.78, 5) is 6.45. The Labute approximate surface area is 109 Å². The number of hydrogen-bond donors (Lipinski definition) is 1. The second-order valence-electron chi connectivity index (χ2n) is 4.21.